The predicted octanol–water partition coefficient (Wildman–Crippen LogP) is 2.58. The second-order valence-electron chi connectivity index (χ2n) is 2.81. The molecule has 2 heteroatoms. The minimum atomic E-state index is 0.237. The molecule has 2 aromatic rings. The van der Waals surface area contributed by atoms with Crippen LogP contribution < -0.4 is 0 Å². The van der Waals surface area contributed by atoms with Crippen molar-refractivity contribution in [3.63, 3.8) is 0 Å². The Morgan fingerprint density at radius 1 is 1.31 bits per heavy atom. The van der Waals surface area contributed by atoms with Gasteiger partial charge in [-0.3, -0.25) is 4.98 Å². The van der Waals surface area contributed by atoms with Crippen molar-refractivity contribution in [1.29, 1.82) is 0 Å². The summed E-state index contributed by atoms with van der Waals surface area (Å²) in [5, 5.41) is 10.2. The third-order valence-electron chi connectivity index (χ3n) is 1.98. The molecular weight excluding hydrogens is 162 g/mol. The summed E-state index contributed by atoms with van der Waals surface area (Å²) < 4.78 is 0. The van der Waals surface area contributed by atoms with Gasteiger partial charge in [0.1, 0.15) is 5.75 Å². The minimum absolute atomic E-state index is 0.237. The Morgan fingerprint density at radius 2 is 2.15 bits per heavy atom. The number of phenolic OH excluding ortho intramolecular Hbond substituents is 1. The molecule has 0 aliphatic carbocycles. The summed E-state index contributed by atoms with van der Waals surface area (Å²) in [5.41, 5.74) is 1.82. The number of rotatable bonds is 1. The molecule has 0 spiro atoms. The maximum Gasteiger partial charge on any atom is 0.117 e. The van der Waals surface area contributed by atoms with E-state index in [1.807, 2.05) is 12.1 Å². The molecular formula is C11H9NO. The quantitative estimate of drug-likeness (QED) is 0.715. The van der Waals surface area contributed by atoms with Gasteiger partial charge in [0.25, 0.3) is 0 Å². The maximum atomic E-state index is 9.23. The van der Waals surface area contributed by atoms with Gasteiger partial charge in [0.15, 0.2) is 0 Å². The number of pyridine rings is 1. The van der Waals surface area contributed by atoms with E-state index in [1.54, 1.807) is 24.4 Å². The second kappa shape index (κ2) is 2.90. The van der Waals surface area contributed by atoms with E-state index in [1.165, 1.54) is 0 Å². The summed E-state index contributed by atoms with van der Waals surface area (Å²) in [7, 11) is 0. The first-order valence-electron chi connectivity index (χ1n) is 4.01. The van der Waals surface area contributed by atoms with E-state index >= 15 is 0 Å². The summed E-state index contributed by atoms with van der Waals surface area (Å²) >= 11 is 0. The second-order valence-corrected chi connectivity index (χ2v) is 2.81. The average Bonchev–Trinajstić information content (AvgIpc) is 2.16. The van der Waals surface area contributed by atoms with Gasteiger partial charge in [0.2, 0.25) is 0 Å². The lowest BCUT2D eigenvalue weighted by molar-refractivity contribution is 0.476. The Kier molecular flexibility index (Phi) is 1.74. The predicted molar refractivity (Wildman–Crippen MR) is 53.5 cm³/mol. The van der Waals surface area contributed by atoms with Gasteiger partial charge in [0, 0.05) is 17.6 Å². The first-order chi connectivity index (χ1) is 6.31. The van der Waals surface area contributed by atoms with E-state index in [9.17, 15) is 5.11 Å². The molecule has 0 bridgehead atoms. The molecule has 1 N–H and O–H groups in total. The summed E-state index contributed by atoms with van der Waals surface area (Å²) in [4.78, 5) is 4.14. The summed E-state index contributed by atoms with van der Waals surface area (Å²) in [5.74, 6) is 0.237. The van der Waals surface area contributed by atoms with Crippen LogP contribution in [-0.2, 0) is 0 Å². The van der Waals surface area contributed by atoms with Crippen LogP contribution in [0, 0.1) is 0 Å². The van der Waals surface area contributed by atoms with Gasteiger partial charge in [-0.1, -0.05) is 12.7 Å². The van der Waals surface area contributed by atoms with Crippen LogP contribution in [0.1, 0.15) is 5.56 Å². The number of hydrogen-bond acceptors (Lipinski definition) is 2. The Hall–Kier alpha value is -1.83. The highest BCUT2D eigenvalue weighted by Gasteiger charge is 1.98. The van der Waals surface area contributed by atoms with E-state index in [0.29, 0.717) is 0 Å². The van der Waals surface area contributed by atoms with Gasteiger partial charge in [-0.05, 0) is 23.8 Å². The van der Waals surface area contributed by atoms with Crippen molar-refractivity contribution in [3.05, 3.63) is 42.6 Å². The van der Waals surface area contributed by atoms with Crippen LogP contribution >= 0.6 is 0 Å². The fourth-order valence-corrected chi connectivity index (χ4v) is 1.34. The van der Waals surface area contributed by atoms with E-state index < -0.39 is 0 Å². The fourth-order valence-electron chi connectivity index (χ4n) is 1.34. The molecule has 0 saturated carbocycles. The Labute approximate surface area is 76.2 Å². The molecule has 0 atom stereocenters. The minimum Gasteiger partial charge on any atom is -0.508 e. The van der Waals surface area contributed by atoms with Crippen LogP contribution in [0.3, 0.4) is 0 Å². The molecule has 0 amide bonds. The van der Waals surface area contributed by atoms with E-state index in [2.05, 4.69) is 11.6 Å². The lowest BCUT2D eigenvalue weighted by Gasteiger charge is -2.00. The summed E-state index contributed by atoms with van der Waals surface area (Å²) in [6.45, 7) is 3.71. The van der Waals surface area contributed by atoms with Crippen LogP contribution in [-0.4, -0.2) is 10.1 Å². The van der Waals surface area contributed by atoms with Gasteiger partial charge in [-0.25, -0.2) is 0 Å². The molecule has 0 radical (unpaired) electrons. The fraction of sp³-hybridized carbons (Fsp3) is 0. The summed E-state index contributed by atoms with van der Waals surface area (Å²) in [6, 6.07) is 7.03. The third kappa shape index (κ3) is 1.26. The molecule has 0 fully saturated rings. The standard InChI is InChI=1S/C11H9NO/c1-2-8-5-6-12-11-7-9(13)3-4-10(8)11/h2-7,13H,1H2. The first-order valence-corrected chi connectivity index (χ1v) is 4.01. The van der Waals surface area contributed by atoms with E-state index in [-0.39, 0.29) is 5.75 Å². The van der Waals surface area contributed by atoms with Gasteiger partial charge >= 0.3 is 0 Å². The van der Waals surface area contributed by atoms with Crippen molar-refractivity contribution in [2.45, 2.75) is 0 Å². The SMILES string of the molecule is C=Cc1ccnc2cc(O)ccc12. The normalized spacial score (nSPS) is 10.2. The van der Waals surface area contributed by atoms with E-state index in [0.717, 1.165) is 16.5 Å². The molecule has 64 valence electrons. The third-order valence-corrected chi connectivity index (χ3v) is 1.98. The number of aromatic hydroxyl groups is 1. The maximum absolute atomic E-state index is 9.23. The van der Waals surface area contributed by atoms with Crippen LogP contribution in [0.5, 0.6) is 5.75 Å². The molecule has 2 nitrogen and oxygen atoms in total. The van der Waals surface area contributed by atoms with Gasteiger partial charge in [0.05, 0.1) is 5.52 Å². The highest BCUT2D eigenvalue weighted by atomic mass is 16.3. The number of aromatic nitrogens is 1. The van der Waals surface area contributed by atoms with Gasteiger partial charge < -0.3 is 5.11 Å². The van der Waals surface area contributed by atoms with Crippen molar-refractivity contribution in [2.75, 3.05) is 0 Å². The molecule has 0 aliphatic heterocycles. The number of benzene rings is 1. The lowest BCUT2D eigenvalue weighted by atomic mass is 10.1. The van der Waals surface area contributed by atoms with E-state index in [4.69, 9.17) is 0 Å². The van der Waals surface area contributed by atoms with Crippen LogP contribution in [0.15, 0.2) is 37.0 Å². The average molecular weight is 171 g/mol. The van der Waals surface area contributed by atoms with Gasteiger partial charge in [-0.2, -0.15) is 0 Å². The number of fused-ring (bicyclic) bond motifs is 1. The molecule has 0 aliphatic rings. The van der Waals surface area contributed by atoms with Crippen molar-refractivity contribution >= 4 is 17.0 Å². The smallest absolute Gasteiger partial charge is 0.117 e. The molecule has 13 heavy (non-hydrogen) atoms. The van der Waals surface area contributed by atoms with Crippen molar-refractivity contribution in [2.24, 2.45) is 0 Å². The number of phenols is 1. The van der Waals surface area contributed by atoms with Crippen LogP contribution in [0.25, 0.3) is 17.0 Å². The van der Waals surface area contributed by atoms with Crippen molar-refractivity contribution < 1.29 is 5.11 Å². The number of nitrogens with zero attached hydrogens (tertiary/aromatic N) is 1. The van der Waals surface area contributed by atoms with Crippen molar-refractivity contribution in [1.82, 2.24) is 4.98 Å². The zero-order valence-corrected chi connectivity index (χ0v) is 7.07. The molecule has 1 aromatic heterocycles. The molecule has 2 rings (SSSR count). The Bertz CT molecular complexity index is 463. The number of hydrogen-bond donors (Lipinski definition) is 1. The molecule has 0 saturated heterocycles. The highest BCUT2D eigenvalue weighted by Crippen LogP contribution is 2.21. The van der Waals surface area contributed by atoms with Crippen molar-refractivity contribution in [3.8, 4) is 5.75 Å². The van der Waals surface area contributed by atoms with Crippen LogP contribution in [0.2, 0.25) is 0 Å². The topological polar surface area (TPSA) is 33.1 Å². The lowest BCUT2D eigenvalue weighted by Crippen LogP contribution is -1.81. The van der Waals surface area contributed by atoms with Gasteiger partial charge in [-0.15, -0.1) is 0 Å². The largest absolute Gasteiger partial charge is 0.508 e. The highest BCUT2D eigenvalue weighted by molar-refractivity contribution is 5.88. The first kappa shape index (κ1) is 7.80. The van der Waals surface area contributed by atoms with Crippen LogP contribution in [0.4, 0.5) is 0 Å². The Morgan fingerprint density at radius 3 is 2.92 bits per heavy atom. The molecule has 0 unspecified atom stereocenters. The molecule has 1 aromatic carbocycles. The molecule has 1 heterocycles. The summed E-state index contributed by atoms with van der Waals surface area (Å²) in [6.07, 6.45) is 3.49. The zero-order chi connectivity index (χ0) is 9.26. The Balaban J connectivity index is 2.84. The zero-order valence-electron chi connectivity index (χ0n) is 7.07. The monoisotopic (exact) mass is 171 g/mol.